The molecule has 3 fully saturated rings. The van der Waals surface area contributed by atoms with Gasteiger partial charge in [-0.2, -0.15) is 0 Å². The number of likely N-dealkylation sites (tertiary alicyclic amines) is 1. The molecule has 3 aliphatic heterocycles. The van der Waals surface area contributed by atoms with Crippen molar-refractivity contribution in [3.05, 3.63) is 29.8 Å². The summed E-state index contributed by atoms with van der Waals surface area (Å²) in [6.45, 7) is 1.69. The zero-order valence-corrected chi connectivity index (χ0v) is 12.0. The second-order valence-electron chi connectivity index (χ2n) is 5.95. The van der Waals surface area contributed by atoms with Crippen LogP contribution in [0, 0.1) is 11.8 Å². The quantitative estimate of drug-likeness (QED) is 0.805. The molecule has 0 aromatic heterocycles. The van der Waals surface area contributed by atoms with Crippen molar-refractivity contribution >= 4 is 24.0 Å². The van der Waals surface area contributed by atoms with E-state index >= 15 is 0 Å². The van der Waals surface area contributed by atoms with E-state index in [0.717, 1.165) is 13.1 Å². The van der Waals surface area contributed by atoms with E-state index in [1.165, 1.54) is 12.8 Å². The number of benzene rings is 1. The van der Waals surface area contributed by atoms with Crippen molar-refractivity contribution < 1.29 is 9.53 Å². The van der Waals surface area contributed by atoms with Crippen LogP contribution in [-0.2, 0) is 4.74 Å². The Bertz CT molecular complexity index is 518. The summed E-state index contributed by atoms with van der Waals surface area (Å²) >= 11 is 0. The molecular weight excluding hydrogens is 276 g/mol. The van der Waals surface area contributed by atoms with Gasteiger partial charge in [0, 0.05) is 36.2 Å². The highest BCUT2D eigenvalue weighted by atomic mass is 35.5. The third kappa shape index (κ3) is 1.98. The van der Waals surface area contributed by atoms with E-state index in [0.29, 0.717) is 35.3 Å². The highest BCUT2D eigenvalue weighted by molar-refractivity contribution is 5.95. The molecular formula is C15H19ClN2O2. The first-order chi connectivity index (χ1) is 9.22. The normalized spacial score (nSPS) is 33.9. The van der Waals surface area contributed by atoms with Crippen LogP contribution >= 0.6 is 12.4 Å². The number of carbonyl (C=O) groups is 1. The number of hydrogen-bond donors (Lipinski definition) is 1. The van der Waals surface area contributed by atoms with Gasteiger partial charge in [-0.15, -0.1) is 12.4 Å². The summed E-state index contributed by atoms with van der Waals surface area (Å²) in [7, 11) is 0. The van der Waals surface area contributed by atoms with Crippen LogP contribution < -0.4 is 5.73 Å². The molecule has 3 saturated heterocycles. The van der Waals surface area contributed by atoms with Crippen molar-refractivity contribution in [1.82, 2.24) is 4.90 Å². The number of nitrogen functional groups attached to an aromatic ring is 1. The molecule has 0 spiro atoms. The fraction of sp³-hybridized carbons (Fsp3) is 0.533. The van der Waals surface area contributed by atoms with Gasteiger partial charge in [0.15, 0.2) is 0 Å². The molecule has 3 aliphatic rings. The van der Waals surface area contributed by atoms with E-state index in [2.05, 4.69) is 0 Å². The minimum absolute atomic E-state index is 0. The molecule has 108 valence electrons. The van der Waals surface area contributed by atoms with Crippen molar-refractivity contribution in [2.24, 2.45) is 11.8 Å². The maximum atomic E-state index is 12.5. The number of nitrogens with two attached hydrogens (primary N) is 1. The number of halogens is 1. The molecule has 2 bridgehead atoms. The van der Waals surface area contributed by atoms with E-state index in [1.54, 1.807) is 6.07 Å². The predicted octanol–water partition coefficient (Wildman–Crippen LogP) is 1.94. The van der Waals surface area contributed by atoms with E-state index in [-0.39, 0.29) is 18.3 Å². The van der Waals surface area contributed by atoms with Gasteiger partial charge in [-0.3, -0.25) is 4.79 Å². The van der Waals surface area contributed by atoms with E-state index in [1.807, 2.05) is 23.1 Å². The van der Waals surface area contributed by atoms with E-state index < -0.39 is 0 Å². The van der Waals surface area contributed by atoms with Crippen LogP contribution in [-0.4, -0.2) is 36.1 Å². The second-order valence-corrected chi connectivity index (χ2v) is 5.95. The first kappa shape index (κ1) is 13.7. The molecule has 1 aromatic carbocycles. The monoisotopic (exact) mass is 294 g/mol. The molecule has 4 unspecified atom stereocenters. The lowest BCUT2D eigenvalue weighted by Crippen LogP contribution is -2.31. The summed E-state index contributed by atoms with van der Waals surface area (Å²) in [6, 6.07) is 7.26. The Hall–Kier alpha value is -1.26. The Morgan fingerprint density at radius 2 is 1.85 bits per heavy atom. The van der Waals surface area contributed by atoms with Gasteiger partial charge < -0.3 is 15.4 Å². The van der Waals surface area contributed by atoms with Crippen molar-refractivity contribution in [2.45, 2.75) is 25.0 Å². The van der Waals surface area contributed by atoms with Gasteiger partial charge in [-0.1, -0.05) is 6.07 Å². The van der Waals surface area contributed by atoms with Crippen LogP contribution in [0.2, 0.25) is 0 Å². The summed E-state index contributed by atoms with van der Waals surface area (Å²) in [5.74, 6) is 1.23. The Balaban J connectivity index is 0.00000121. The Morgan fingerprint density at radius 3 is 2.45 bits per heavy atom. The van der Waals surface area contributed by atoms with Gasteiger partial charge in [0.05, 0.1) is 12.2 Å². The molecule has 2 N–H and O–H groups in total. The molecule has 4 atom stereocenters. The van der Waals surface area contributed by atoms with Crippen LogP contribution in [0.5, 0.6) is 0 Å². The zero-order valence-electron chi connectivity index (χ0n) is 11.2. The van der Waals surface area contributed by atoms with E-state index in [4.69, 9.17) is 10.5 Å². The number of nitrogens with zero attached hydrogens (tertiary/aromatic N) is 1. The number of ether oxygens (including phenoxy) is 1. The fourth-order valence-electron chi connectivity index (χ4n) is 3.98. The molecule has 20 heavy (non-hydrogen) atoms. The predicted molar refractivity (Wildman–Crippen MR) is 78.9 cm³/mol. The van der Waals surface area contributed by atoms with Gasteiger partial charge >= 0.3 is 0 Å². The topological polar surface area (TPSA) is 55.6 Å². The lowest BCUT2D eigenvalue weighted by atomic mass is 9.82. The average Bonchev–Trinajstić information content (AvgIpc) is 3.10. The number of amides is 1. The molecule has 1 aromatic rings. The van der Waals surface area contributed by atoms with Crippen molar-refractivity contribution in [3.8, 4) is 0 Å². The van der Waals surface area contributed by atoms with Crippen LogP contribution in [0.1, 0.15) is 23.2 Å². The molecule has 4 rings (SSSR count). The van der Waals surface area contributed by atoms with E-state index in [9.17, 15) is 4.79 Å². The molecule has 4 nitrogen and oxygen atoms in total. The SMILES string of the molecule is Cl.Nc1cccc(C(=O)N2CC3C4CCC(O4)C3C2)c1. The fourth-order valence-corrected chi connectivity index (χ4v) is 3.98. The maximum Gasteiger partial charge on any atom is 0.253 e. The van der Waals surface area contributed by atoms with Gasteiger partial charge in [-0.25, -0.2) is 0 Å². The average molecular weight is 295 g/mol. The van der Waals surface area contributed by atoms with Crippen molar-refractivity contribution in [1.29, 1.82) is 0 Å². The van der Waals surface area contributed by atoms with Gasteiger partial charge in [0.1, 0.15) is 0 Å². The third-order valence-corrected chi connectivity index (χ3v) is 4.87. The summed E-state index contributed by atoms with van der Waals surface area (Å²) in [5.41, 5.74) is 7.10. The van der Waals surface area contributed by atoms with Crippen LogP contribution in [0.4, 0.5) is 5.69 Å². The maximum absolute atomic E-state index is 12.5. The Labute approximate surface area is 124 Å². The largest absolute Gasteiger partial charge is 0.399 e. The lowest BCUT2D eigenvalue weighted by molar-refractivity contribution is 0.0594. The third-order valence-electron chi connectivity index (χ3n) is 4.87. The standard InChI is InChI=1S/C15H18N2O2.ClH/c16-10-3-1-2-9(6-10)15(18)17-7-11-12(8-17)14-5-4-13(11)19-14;/h1-3,6,11-14H,4-5,7-8,16H2;1H. The van der Waals surface area contributed by atoms with Crippen LogP contribution in [0.3, 0.4) is 0 Å². The molecule has 5 heteroatoms. The lowest BCUT2D eigenvalue weighted by Gasteiger charge is -2.19. The molecule has 0 aliphatic carbocycles. The molecule has 3 heterocycles. The van der Waals surface area contributed by atoms with Crippen molar-refractivity contribution in [3.63, 3.8) is 0 Å². The summed E-state index contributed by atoms with van der Waals surface area (Å²) < 4.78 is 5.93. The number of fused-ring (bicyclic) bond motifs is 5. The number of rotatable bonds is 1. The summed E-state index contributed by atoms with van der Waals surface area (Å²) in [5, 5.41) is 0. The first-order valence-electron chi connectivity index (χ1n) is 7.02. The number of anilines is 1. The van der Waals surface area contributed by atoms with Gasteiger partial charge in [-0.05, 0) is 31.0 Å². The number of carbonyl (C=O) groups excluding carboxylic acids is 1. The van der Waals surface area contributed by atoms with Crippen LogP contribution in [0.15, 0.2) is 24.3 Å². The summed E-state index contributed by atoms with van der Waals surface area (Å²) in [4.78, 5) is 14.5. The first-order valence-corrected chi connectivity index (χ1v) is 7.02. The smallest absolute Gasteiger partial charge is 0.253 e. The van der Waals surface area contributed by atoms with Crippen LogP contribution in [0.25, 0.3) is 0 Å². The molecule has 0 radical (unpaired) electrons. The van der Waals surface area contributed by atoms with Gasteiger partial charge in [0.25, 0.3) is 5.91 Å². The highest BCUT2D eigenvalue weighted by Gasteiger charge is 2.53. The summed E-state index contributed by atoms with van der Waals surface area (Å²) in [6.07, 6.45) is 3.14. The molecule has 0 saturated carbocycles. The highest BCUT2D eigenvalue weighted by Crippen LogP contribution is 2.47. The molecule has 1 amide bonds. The Morgan fingerprint density at radius 1 is 1.20 bits per heavy atom. The minimum atomic E-state index is 0. The second kappa shape index (κ2) is 4.93. The zero-order chi connectivity index (χ0) is 13.0. The Kier molecular flexibility index (Phi) is 3.38. The van der Waals surface area contributed by atoms with Crippen molar-refractivity contribution in [2.75, 3.05) is 18.8 Å². The number of hydrogen-bond acceptors (Lipinski definition) is 3. The van der Waals surface area contributed by atoms with Gasteiger partial charge in [0.2, 0.25) is 0 Å². The minimum Gasteiger partial charge on any atom is -0.399 e.